The highest BCUT2D eigenvalue weighted by Crippen LogP contribution is 2.39. The first kappa shape index (κ1) is 20.8. The third-order valence-corrected chi connectivity index (χ3v) is 6.93. The maximum Gasteiger partial charge on any atom is 0.233 e. The zero-order chi connectivity index (χ0) is 19.4. The Hall–Kier alpha value is -0.960. The van der Waals surface area contributed by atoms with Crippen LogP contribution in [0.2, 0.25) is 0 Å². The van der Waals surface area contributed by atoms with Crippen LogP contribution in [0.3, 0.4) is 0 Å². The first-order valence-corrected chi connectivity index (χ1v) is 11.6. The molecule has 0 saturated carbocycles. The first-order valence-electron chi connectivity index (χ1n) is 8.60. The molecule has 0 bridgehead atoms. The van der Waals surface area contributed by atoms with Crippen molar-refractivity contribution < 1.29 is 13.6 Å². The summed E-state index contributed by atoms with van der Waals surface area (Å²) in [4.78, 5) is 16.2. The van der Waals surface area contributed by atoms with E-state index in [4.69, 9.17) is 4.42 Å². The second-order valence-electron chi connectivity index (χ2n) is 6.58. The van der Waals surface area contributed by atoms with Crippen LogP contribution >= 0.6 is 39.5 Å². The Morgan fingerprint density at radius 3 is 2.85 bits per heavy atom. The molecular weight excluding hydrogens is 451 g/mol. The van der Waals surface area contributed by atoms with Gasteiger partial charge in [-0.3, -0.25) is 4.79 Å². The molecule has 1 aromatic carbocycles. The fourth-order valence-corrected chi connectivity index (χ4v) is 5.30. The van der Waals surface area contributed by atoms with Gasteiger partial charge in [0.05, 0.1) is 22.5 Å². The number of rotatable bonds is 8. The van der Waals surface area contributed by atoms with Gasteiger partial charge < -0.3 is 14.2 Å². The van der Waals surface area contributed by atoms with Crippen LogP contribution in [0.5, 0.6) is 0 Å². The quantitative estimate of drug-likeness (QED) is 0.518. The number of amides is 1. The van der Waals surface area contributed by atoms with Crippen molar-refractivity contribution in [3.63, 3.8) is 0 Å². The number of nitrogens with zero attached hydrogens (tertiary/aromatic N) is 2. The highest BCUT2D eigenvalue weighted by atomic mass is 79.9. The summed E-state index contributed by atoms with van der Waals surface area (Å²) in [6.45, 7) is 1.46. The smallest absolute Gasteiger partial charge is 0.233 e. The second-order valence-corrected chi connectivity index (χ2v) is 9.61. The summed E-state index contributed by atoms with van der Waals surface area (Å²) in [6, 6.07) is 8.99. The van der Waals surface area contributed by atoms with E-state index < -0.39 is 0 Å². The molecule has 1 aromatic heterocycles. The van der Waals surface area contributed by atoms with Crippen LogP contribution in [-0.2, 0) is 17.1 Å². The van der Waals surface area contributed by atoms with Crippen molar-refractivity contribution >= 4 is 45.4 Å². The Morgan fingerprint density at radius 1 is 1.33 bits per heavy atom. The van der Waals surface area contributed by atoms with E-state index in [0.717, 1.165) is 35.1 Å². The zero-order valence-electron chi connectivity index (χ0n) is 15.3. The van der Waals surface area contributed by atoms with Crippen molar-refractivity contribution in [1.82, 2.24) is 9.80 Å². The van der Waals surface area contributed by atoms with E-state index in [1.807, 2.05) is 31.1 Å². The van der Waals surface area contributed by atoms with Gasteiger partial charge in [-0.05, 0) is 59.9 Å². The van der Waals surface area contributed by atoms with E-state index in [2.05, 4.69) is 20.8 Å². The molecule has 1 amide bonds. The third-order valence-electron chi connectivity index (χ3n) is 4.11. The molecule has 8 heteroatoms. The van der Waals surface area contributed by atoms with Crippen LogP contribution in [-0.4, -0.2) is 47.9 Å². The molecule has 1 aliphatic rings. The summed E-state index contributed by atoms with van der Waals surface area (Å²) in [5, 5.41) is -0.0506. The van der Waals surface area contributed by atoms with Crippen molar-refractivity contribution in [3.8, 4) is 0 Å². The molecule has 0 N–H and O–H groups in total. The summed E-state index contributed by atoms with van der Waals surface area (Å²) >= 11 is 6.57. The summed E-state index contributed by atoms with van der Waals surface area (Å²) in [6.07, 6.45) is 0. The molecule has 2 heterocycles. The molecule has 2 aromatic rings. The number of carbonyl (C=O) groups is 1. The van der Waals surface area contributed by atoms with Crippen molar-refractivity contribution in [1.29, 1.82) is 0 Å². The molecular formula is C19H22BrFN2O2S2. The van der Waals surface area contributed by atoms with E-state index in [-0.39, 0.29) is 17.1 Å². The maximum atomic E-state index is 13.5. The van der Waals surface area contributed by atoms with E-state index in [1.165, 1.54) is 6.07 Å². The fourth-order valence-electron chi connectivity index (χ4n) is 2.87. The van der Waals surface area contributed by atoms with Gasteiger partial charge in [-0.25, -0.2) is 4.39 Å². The van der Waals surface area contributed by atoms with Gasteiger partial charge in [0, 0.05) is 12.3 Å². The van der Waals surface area contributed by atoms with Crippen molar-refractivity contribution in [3.05, 3.63) is 57.7 Å². The lowest BCUT2D eigenvalue weighted by molar-refractivity contribution is -0.127. The minimum Gasteiger partial charge on any atom is -0.464 e. The number of furan rings is 1. The van der Waals surface area contributed by atoms with E-state index >= 15 is 0 Å². The Morgan fingerprint density at radius 2 is 2.11 bits per heavy atom. The lowest BCUT2D eigenvalue weighted by atomic mass is 10.2. The van der Waals surface area contributed by atoms with Crippen molar-refractivity contribution in [2.75, 3.05) is 32.1 Å². The number of benzene rings is 1. The van der Waals surface area contributed by atoms with Gasteiger partial charge in [0.15, 0.2) is 0 Å². The molecule has 146 valence electrons. The molecule has 0 radical (unpaired) electrons. The lowest BCUT2D eigenvalue weighted by Gasteiger charge is -2.24. The van der Waals surface area contributed by atoms with Crippen LogP contribution in [0.15, 0.2) is 39.2 Å². The average Bonchev–Trinajstić information content (AvgIpc) is 3.20. The monoisotopic (exact) mass is 472 g/mol. The molecule has 4 nitrogen and oxygen atoms in total. The van der Waals surface area contributed by atoms with Crippen LogP contribution in [0, 0.1) is 5.82 Å². The van der Waals surface area contributed by atoms with E-state index in [9.17, 15) is 9.18 Å². The molecule has 0 aliphatic carbocycles. The van der Waals surface area contributed by atoms with E-state index in [1.54, 1.807) is 35.7 Å². The summed E-state index contributed by atoms with van der Waals surface area (Å²) < 4.78 is 19.7. The van der Waals surface area contributed by atoms with Gasteiger partial charge in [-0.2, -0.15) is 11.8 Å². The Labute approximate surface area is 176 Å². The number of carbonyl (C=O) groups excluding carboxylic acids is 1. The summed E-state index contributed by atoms with van der Waals surface area (Å²) in [5.74, 6) is 3.85. The minimum absolute atomic E-state index is 0.0506. The normalized spacial score (nSPS) is 17.3. The van der Waals surface area contributed by atoms with Gasteiger partial charge >= 0.3 is 0 Å². The fraction of sp³-hybridized carbons (Fsp3) is 0.421. The summed E-state index contributed by atoms with van der Waals surface area (Å²) in [7, 11) is 4.02. The Balaban J connectivity index is 1.52. The van der Waals surface area contributed by atoms with Gasteiger partial charge in [0.2, 0.25) is 5.91 Å². The number of thioether (sulfide) groups is 2. The molecule has 0 spiro atoms. The number of hydrogen-bond donors (Lipinski definition) is 0. The standard InChI is InChI=1S/C19H22BrFN2O2S2/c1-22(2)10-14-4-5-15(25-14)11-26-8-7-23-18(24)12-27-19(23)13-3-6-17(21)16(20)9-13/h3-6,9,19H,7-8,10-12H2,1-2H3. The predicted molar refractivity (Wildman–Crippen MR) is 113 cm³/mol. The first-order chi connectivity index (χ1) is 12.9. The Bertz CT molecular complexity index is 800. The van der Waals surface area contributed by atoms with Crippen molar-refractivity contribution in [2.24, 2.45) is 0 Å². The largest absolute Gasteiger partial charge is 0.464 e. The maximum absolute atomic E-state index is 13.5. The Kier molecular flexibility index (Phi) is 7.30. The zero-order valence-corrected chi connectivity index (χ0v) is 18.5. The highest BCUT2D eigenvalue weighted by Gasteiger charge is 2.32. The molecule has 3 rings (SSSR count). The average molecular weight is 473 g/mol. The topological polar surface area (TPSA) is 36.7 Å². The van der Waals surface area contributed by atoms with E-state index in [0.29, 0.717) is 16.8 Å². The van der Waals surface area contributed by atoms with Crippen molar-refractivity contribution in [2.45, 2.75) is 17.7 Å². The predicted octanol–water partition coefficient (Wildman–Crippen LogP) is 4.75. The lowest BCUT2D eigenvalue weighted by Crippen LogP contribution is -2.30. The van der Waals surface area contributed by atoms with Gasteiger partial charge in [0.25, 0.3) is 0 Å². The van der Waals surface area contributed by atoms with Crippen LogP contribution in [0.4, 0.5) is 4.39 Å². The summed E-state index contributed by atoms with van der Waals surface area (Å²) in [5.41, 5.74) is 0.948. The molecule has 1 saturated heterocycles. The minimum atomic E-state index is -0.290. The number of halogens is 2. The van der Waals surface area contributed by atoms with Gasteiger partial charge in [0.1, 0.15) is 22.7 Å². The second kappa shape index (κ2) is 9.49. The highest BCUT2D eigenvalue weighted by molar-refractivity contribution is 9.10. The molecule has 27 heavy (non-hydrogen) atoms. The number of hydrogen-bond acceptors (Lipinski definition) is 5. The third kappa shape index (κ3) is 5.53. The molecule has 1 unspecified atom stereocenters. The van der Waals surface area contributed by atoms with Crippen LogP contribution in [0.25, 0.3) is 0 Å². The van der Waals surface area contributed by atoms with Crippen LogP contribution < -0.4 is 0 Å². The SMILES string of the molecule is CN(C)Cc1ccc(CSCCN2C(=O)CSC2c2ccc(F)c(Br)c2)o1. The van der Waals surface area contributed by atoms with Gasteiger partial charge in [-0.15, -0.1) is 11.8 Å². The van der Waals surface area contributed by atoms with Crippen LogP contribution in [0.1, 0.15) is 22.5 Å². The molecule has 1 fully saturated rings. The van der Waals surface area contributed by atoms with Gasteiger partial charge in [-0.1, -0.05) is 6.07 Å². The molecule has 1 atom stereocenters. The molecule has 1 aliphatic heterocycles.